The van der Waals surface area contributed by atoms with Gasteiger partial charge >= 0.3 is 0 Å². The number of carbonyl (C=O) groups excluding carboxylic acids is 1. The van der Waals surface area contributed by atoms with Gasteiger partial charge in [0.05, 0.1) is 50.0 Å². The van der Waals surface area contributed by atoms with Crippen molar-refractivity contribution < 1.29 is 23.7 Å². The minimum Gasteiger partial charge on any atom is -0.497 e. The molecule has 1 saturated carbocycles. The van der Waals surface area contributed by atoms with Crippen LogP contribution in [0.3, 0.4) is 0 Å². The Morgan fingerprint density at radius 1 is 1.02 bits per heavy atom. The van der Waals surface area contributed by atoms with Gasteiger partial charge in [0.1, 0.15) is 5.75 Å². The van der Waals surface area contributed by atoms with Crippen molar-refractivity contribution in [1.29, 1.82) is 0 Å². The predicted molar refractivity (Wildman–Crippen MR) is 172 cm³/mol. The van der Waals surface area contributed by atoms with E-state index >= 15 is 0 Å². The zero-order valence-electron chi connectivity index (χ0n) is 25.8. The number of nitrogens with one attached hydrogen (secondary N) is 2. The number of anilines is 3. The van der Waals surface area contributed by atoms with Crippen LogP contribution in [-0.4, -0.2) is 72.1 Å². The smallest absolute Gasteiger partial charge is 0.271 e. The molecule has 12 heteroatoms. The topological polar surface area (TPSA) is 124 Å². The van der Waals surface area contributed by atoms with E-state index in [0.29, 0.717) is 36.9 Å². The highest BCUT2D eigenvalue weighted by atomic mass is 16.7. The van der Waals surface area contributed by atoms with Gasteiger partial charge in [0.25, 0.3) is 5.91 Å². The van der Waals surface area contributed by atoms with Crippen LogP contribution in [0.4, 0.5) is 17.2 Å². The zero-order valence-corrected chi connectivity index (χ0v) is 25.8. The van der Waals surface area contributed by atoms with Crippen molar-refractivity contribution in [3.05, 3.63) is 95.9 Å². The summed E-state index contributed by atoms with van der Waals surface area (Å²) in [5, 5.41) is 11.3. The summed E-state index contributed by atoms with van der Waals surface area (Å²) in [7, 11) is 5.29. The number of nitrogens with zero attached hydrogens (tertiary/aromatic N) is 5. The minimum atomic E-state index is -0.367. The van der Waals surface area contributed by atoms with Crippen molar-refractivity contribution >= 4 is 28.7 Å². The van der Waals surface area contributed by atoms with Crippen molar-refractivity contribution in [2.75, 3.05) is 44.7 Å². The highest BCUT2D eigenvalue weighted by Gasteiger charge is 2.39. The molecule has 2 atom stereocenters. The first-order valence-electron chi connectivity index (χ1n) is 15.1. The summed E-state index contributed by atoms with van der Waals surface area (Å²) < 4.78 is 23.5. The van der Waals surface area contributed by atoms with Crippen LogP contribution in [0.15, 0.2) is 79.1 Å². The summed E-state index contributed by atoms with van der Waals surface area (Å²) in [5.74, 6) is 1.09. The molecule has 46 heavy (non-hydrogen) atoms. The summed E-state index contributed by atoms with van der Waals surface area (Å²) in [5.41, 5.74) is 6.26. The number of hydrogen-bond donors (Lipinski definition) is 2. The maximum absolute atomic E-state index is 13.3. The summed E-state index contributed by atoms with van der Waals surface area (Å²) in [6.07, 6.45) is 3.79. The van der Waals surface area contributed by atoms with Crippen LogP contribution >= 0.6 is 0 Å². The van der Waals surface area contributed by atoms with E-state index in [4.69, 9.17) is 24.0 Å². The number of imidazole rings is 1. The average Bonchev–Trinajstić information content (AvgIpc) is 3.41. The molecule has 5 aromatic rings. The van der Waals surface area contributed by atoms with E-state index in [2.05, 4.69) is 25.5 Å². The molecule has 2 fully saturated rings. The van der Waals surface area contributed by atoms with E-state index < -0.39 is 0 Å². The normalized spacial score (nSPS) is 17.6. The van der Waals surface area contributed by atoms with Gasteiger partial charge in [-0.25, -0.2) is 9.50 Å². The van der Waals surface area contributed by atoms with Gasteiger partial charge in [-0.05, 0) is 42.3 Å². The molecule has 0 bridgehead atoms. The van der Waals surface area contributed by atoms with E-state index in [-0.39, 0.29) is 24.3 Å². The van der Waals surface area contributed by atoms with Crippen LogP contribution in [-0.2, 0) is 20.8 Å². The van der Waals surface area contributed by atoms with E-state index in [1.807, 2.05) is 73.8 Å². The Bertz CT molecular complexity index is 1840. The van der Waals surface area contributed by atoms with Crippen molar-refractivity contribution in [2.45, 2.75) is 31.4 Å². The molecule has 0 radical (unpaired) electrons. The minimum absolute atomic E-state index is 0.0230. The van der Waals surface area contributed by atoms with Crippen molar-refractivity contribution in [1.82, 2.24) is 24.9 Å². The van der Waals surface area contributed by atoms with Crippen LogP contribution in [0.2, 0.25) is 0 Å². The lowest BCUT2D eigenvalue weighted by atomic mass is 10.1. The third-order valence-corrected chi connectivity index (χ3v) is 8.13. The largest absolute Gasteiger partial charge is 0.497 e. The number of carbonyl (C=O) groups is 1. The number of aromatic nitrogens is 4. The fourth-order valence-corrected chi connectivity index (χ4v) is 5.54. The van der Waals surface area contributed by atoms with Gasteiger partial charge in [-0.15, -0.1) is 5.10 Å². The lowest BCUT2D eigenvalue weighted by Gasteiger charge is -2.21. The highest BCUT2D eigenvalue weighted by molar-refractivity contribution is 5.94. The number of rotatable bonds is 11. The van der Waals surface area contributed by atoms with Crippen LogP contribution < -0.4 is 20.3 Å². The monoisotopic (exact) mass is 621 g/mol. The first-order valence-corrected chi connectivity index (χ1v) is 15.1. The number of amides is 1. The van der Waals surface area contributed by atoms with Crippen LogP contribution in [0.25, 0.3) is 16.9 Å². The maximum Gasteiger partial charge on any atom is 0.271 e. The second kappa shape index (κ2) is 12.8. The van der Waals surface area contributed by atoms with Crippen LogP contribution in [0.1, 0.15) is 34.3 Å². The fourth-order valence-electron chi connectivity index (χ4n) is 5.54. The van der Waals surface area contributed by atoms with Crippen LogP contribution in [0.5, 0.6) is 5.75 Å². The molecule has 1 aliphatic carbocycles. The lowest BCUT2D eigenvalue weighted by Crippen LogP contribution is -2.29. The van der Waals surface area contributed by atoms with Gasteiger partial charge in [0, 0.05) is 49.8 Å². The molecule has 236 valence electrons. The third kappa shape index (κ3) is 6.23. The molecule has 3 aromatic heterocycles. The number of hydrogen-bond acceptors (Lipinski definition) is 10. The Balaban J connectivity index is 1.19. The number of fused-ring (bicyclic) bond motifs is 1. The Labute approximate surface area is 266 Å². The Morgan fingerprint density at radius 3 is 2.57 bits per heavy atom. The molecule has 2 N–H and O–H groups in total. The Kier molecular flexibility index (Phi) is 8.22. The van der Waals surface area contributed by atoms with E-state index in [1.54, 1.807) is 31.1 Å². The summed E-state index contributed by atoms with van der Waals surface area (Å²) in [4.78, 5) is 24.7. The van der Waals surface area contributed by atoms with E-state index in [1.165, 1.54) is 0 Å². The first-order chi connectivity index (χ1) is 22.5. The fraction of sp³-hybridized carbons (Fsp3) is 0.294. The predicted octanol–water partition coefficient (Wildman–Crippen LogP) is 4.74. The quantitative estimate of drug-likeness (QED) is 0.214. The summed E-state index contributed by atoms with van der Waals surface area (Å²) in [6, 6.07) is 21.7. The van der Waals surface area contributed by atoms with Crippen molar-refractivity contribution in [3.63, 3.8) is 0 Å². The maximum atomic E-state index is 13.3. The molecule has 2 aliphatic rings. The number of ether oxygens (including phenoxy) is 4. The second-order valence-electron chi connectivity index (χ2n) is 11.3. The average molecular weight is 622 g/mol. The van der Waals surface area contributed by atoms with Gasteiger partial charge in [-0.2, -0.15) is 0 Å². The zero-order chi connectivity index (χ0) is 31.6. The van der Waals surface area contributed by atoms with Gasteiger partial charge in [-0.3, -0.25) is 9.78 Å². The van der Waals surface area contributed by atoms with Gasteiger partial charge in [0.2, 0.25) is 0 Å². The van der Waals surface area contributed by atoms with Gasteiger partial charge in [0.15, 0.2) is 23.4 Å². The van der Waals surface area contributed by atoms with E-state index in [0.717, 1.165) is 45.9 Å². The molecule has 2 aromatic carbocycles. The molecule has 12 nitrogen and oxygen atoms in total. The van der Waals surface area contributed by atoms with Gasteiger partial charge in [-0.1, -0.05) is 30.3 Å². The summed E-state index contributed by atoms with van der Waals surface area (Å²) >= 11 is 0. The summed E-state index contributed by atoms with van der Waals surface area (Å²) in [6.45, 7) is 1.77. The van der Waals surface area contributed by atoms with E-state index in [9.17, 15) is 4.79 Å². The van der Waals surface area contributed by atoms with Gasteiger partial charge < -0.3 is 34.5 Å². The third-order valence-electron chi connectivity index (χ3n) is 8.13. The number of methoxy groups -OCH3 is 2. The Hall–Kier alpha value is -5.04. The molecule has 1 aliphatic heterocycles. The lowest BCUT2D eigenvalue weighted by molar-refractivity contribution is -0.0443. The molecule has 7 rings (SSSR count). The SMILES string of the molecule is COc1ccc(CN(C)c2cc(Nc3cccc(-c4ccc(C5OCCO5)cn4)c3)nn3c(C(=O)N[C@@H]4CC4OC)cnc23)cc1. The van der Waals surface area contributed by atoms with Crippen molar-refractivity contribution in [3.8, 4) is 17.0 Å². The molecule has 1 unspecified atom stereocenters. The molecule has 1 amide bonds. The second-order valence-corrected chi connectivity index (χ2v) is 11.3. The van der Waals surface area contributed by atoms with Crippen LogP contribution in [0, 0.1) is 0 Å². The van der Waals surface area contributed by atoms with Crippen molar-refractivity contribution in [2.24, 2.45) is 0 Å². The molecule has 4 heterocycles. The molecule has 1 saturated heterocycles. The molecule has 0 spiro atoms. The molecular weight excluding hydrogens is 586 g/mol. The Morgan fingerprint density at radius 2 is 1.85 bits per heavy atom. The first kappa shape index (κ1) is 29.7. The number of benzene rings is 2. The standard InChI is InChI=1S/C34H35N7O5/c1-40(20-21-7-10-25(43-2)11-8-21)28-17-31(39-41-29(19-36-32(28)41)33(42)38-27-16-30(27)44-3)37-24-6-4-5-22(15-24)26-12-9-23(18-35-26)34-45-13-14-46-34/h4-12,15,17-19,27,30,34H,13-14,16,20H2,1-3H3,(H,37,39)(H,38,42)/t27-,30?/m1/s1. The highest BCUT2D eigenvalue weighted by Crippen LogP contribution is 2.30. The number of pyridine rings is 1. The molecular formula is C34H35N7O5.